The number of ether oxygens (including phenoxy) is 1. The molecule has 0 bridgehead atoms. The third kappa shape index (κ3) is 5.00. The lowest BCUT2D eigenvalue weighted by Crippen LogP contribution is -2.05. The molecule has 19 heavy (non-hydrogen) atoms. The summed E-state index contributed by atoms with van der Waals surface area (Å²) in [5.41, 5.74) is -0.0677. The Balaban J connectivity index is 2.57. The summed E-state index contributed by atoms with van der Waals surface area (Å²) < 4.78 is 18.1. The Bertz CT molecular complexity index is 443. The van der Waals surface area contributed by atoms with Gasteiger partial charge < -0.3 is 10.1 Å². The molecule has 0 aromatic heterocycles. The highest BCUT2D eigenvalue weighted by Crippen LogP contribution is 2.30. The van der Waals surface area contributed by atoms with Crippen molar-refractivity contribution in [1.29, 1.82) is 0 Å². The number of hydrogen-bond donors (Lipinski definition) is 1. The summed E-state index contributed by atoms with van der Waals surface area (Å²) in [7, 11) is 1.64. The summed E-state index contributed by atoms with van der Waals surface area (Å²) in [4.78, 5) is 10.2. The molecule has 0 amide bonds. The van der Waals surface area contributed by atoms with E-state index in [-0.39, 0.29) is 16.4 Å². The Morgan fingerprint density at radius 2 is 2.16 bits per heavy atom. The average molecular weight is 291 g/mol. The highest BCUT2D eigenvalue weighted by molar-refractivity contribution is 6.31. The van der Waals surface area contributed by atoms with Gasteiger partial charge in [-0.1, -0.05) is 11.6 Å². The highest BCUT2D eigenvalue weighted by Gasteiger charge is 2.17. The van der Waals surface area contributed by atoms with Crippen molar-refractivity contribution < 1.29 is 14.1 Å². The number of nitrogens with zero attached hydrogens (tertiary/aromatic N) is 1. The molecule has 0 radical (unpaired) electrons. The van der Waals surface area contributed by atoms with Crippen LogP contribution in [-0.4, -0.2) is 25.2 Å². The normalized spacial score (nSPS) is 10.5. The van der Waals surface area contributed by atoms with E-state index < -0.39 is 10.7 Å². The van der Waals surface area contributed by atoms with Gasteiger partial charge in [-0.05, 0) is 25.3 Å². The lowest BCUT2D eigenvalue weighted by atomic mass is 10.2. The first-order valence-corrected chi connectivity index (χ1v) is 6.30. The minimum atomic E-state index is -0.793. The van der Waals surface area contributed by atoms with E-state index in [9.17, 15) is 14.5 Å². The summed E-state index contributed by atoms with van der Waals surface area (Å²) in [6.07, 6.45) is 2.73. The van der Waals surface area contributed by atoms with Crippen molar-refractivity contribution in [2.24, 2.45) is 0 Å². The topological polar surface area (TPSA) is 64.4 Å². The van der Waals surface area contributed by atoms with E-state index in [1.807, 2.05) is 0 Å². The van der Waals surface area contributed by atoms with Gasteiger partial charge >= 0.3 is 0 Å². The fourth-order valence-electron chi connectivity index (χ4n) is 1.60. The molecular weight excluding hydrogens is 275 g/mol. The first-order chi connectivity index (χ1) is 9.06. The SMILES string of the molecule is COCCCCCNc1cc(Cl)c(F)cc1[N+](=O)[O-]. The molecule has 7 heteroatoms. The van der Waals surface area contributed by atoms with Crippen molar-refractivity contribution in [1.82, 2.24) is 0 Å². The molecule has 106 valence electrons. The molecule has 0 spiro atoms. The minimum Gasteiger partial charge on any atom is -0.385 e. The van der Waals surface area contributed by atoms with Crippen LogP contribution in [0.25, 0.3) is 0 Å². The minimum absolute atomic E-state index is 0.132. The Kier molecular flexibility index (Phi) is 6.52. The molecule has 0 atom stereocenters. The van der Waals surface area contributed by atoms with Crippen molar-refractivity contribution >= 4 is 23.0 Å². The standard InChI is InChI=1S/C12H16ClFN2O3/c1-19-6-4-2-3-5-15-11-7-9(13)10(14)8-12(11)16(17)18/h7-8,15H,2-6H2,1H3. The maximum Gasteiger partial charge on any atom is 0.295 e. The number of unbranched alkanes of at least 4 members (excludes halogenated alkanes) is 2. The first-order valence-electron chi connectivity index (χ1n) is 5.92. The maximum absolute atomic E-state index is 13.2. The molecule has 0 saturated carbocycles. The number of halogens is 2. The third-order valence-corrected chi connectivity index (χ3v) is 2.87. The van der Waals surface area contributed by atoms with Crippen LogP contribution in [0.2, 0.25) is 5.02 Å². The van der Waals surface area contributed by atoms with Crippen LogP contribution >= 0.6 is 11.6 Å². The van der Waals surface area contributed by atoms with Crippen LogP contribution in [0.3, 0.4) is 0 Å². The quantitative estimate of drug-likeness (QED) is 0.451. The second kappa shape index (κ2) is 7.91. The van der Waals surface area contributed by atoms with Crippen molar-refractivity contribution in [3.8, 4) is 0 Å². The van der Waals surface area contributed by atoms with Gasteiger partial charge in [-0.15, -0.1) is 0 Å². The fourth-order valence-corrected chi connectivity index (χ4v) is 1.76. The van der Waals surface area contributed by atoms with E-state index in [0.29, 0.717) is 13.2 Å². The molecule has 1 N–H and O–H groups in total. The molecule has 0 saturated heterocycles. The van der Waals surface area contributed by atoms with Gasteiger partial charge in [-0.25, -0.2) is 4.39 Å². The van der Waals surface area contributed by atoms with Gasteiger partial charge in [-0.2, -0.15) is 0 Å². The molecule has 5 nitrogen and oxygen atoms in total. The van der Waals surface area contributed by atoms with Gasteiger partial charge in [0, 0.05) is 20.3 Å². The number of anilines is 1. The van der Waals surface area contributed by atoms with E-state index in [0.717, 1.165) is 25.3 Å². The third-order valence-electron chi connectivity index (χ3n) is 2.58. The lowest BCUT2D eigenvalue weighted by Gasteiger charge is -2.08. The lowest BCUT2D eigenvalue weighted by molar-refractivity contribution is -0.384. The Labute approximate surface area is 115 Å². The molecule has 0 fully saturated rings. The van der Waals surface area contributed by atoms with Crippen LogP contribution in [0, 0.1) is 15.9 Å². The summed E-state index contributed by atoms with van der Waals surface area (Å²) in [5, 5.41) is 13.6. The molecule has 0 aliphatic heterocycles. The van der Waals surface area contributed by atoms with Crippen molar-refractivity contribution in [3.05, 3.63) is 33.1 Å². The van der Waals surface area contributed by atoms with Crippen LogP contribution in [0.15, 0.2) is 12.1 Å². The zero-order chi connectivity index (χ0) is 14.3. The predicted molar refractivity (Wildman–Crippen MR) is 72.3 cm³/mol. The fraction of sp³-hybridized carbons (Fsp3) is 0.500. The van der Waals surface area contributed by atoms with E-state index in [2.05, 4.69) is 5.32 Å². The Morgan fingerprint density at radius 1 is 1.42 bits per heavy atom. The molecular formula is C12H16ClFN2O3. The molecule has 0 unspecified atom stereocenters. The number of benzene rings is 1. The number of rotatable bonds is 8. The first kappa shape index (κ1) is 15.7. The summed E-state index contributed by atoms with van der Waals surface area (Å²) >= 11 is 5.62. The van der Waals surface area contributed by atoms with Crippen molar-refractivity contribution in [3.63, 3.8) is 0 Å². The highest BCUT2D eigenvalue weighted by atomic mass is 35.5. The van der Waals surface area contributed by atoms with E-state index in [4.69, 9.17) is 16.3 Å². The average Bonchev–Trinajstić information content (AvgIpc) is 2.37. The van der Waals surface area contributed by atoms with Crippen LogP contribution in [0.1, 0.15) is 19.3 Å². The van der Waals surface area contributed by atoms with Crippen LogP contribution in [0.5, 0.6) is 0 Å². The largest absolute Gasteiger partial charge is 0.385 e. The monoisotopic (exact) mass is 290 g/mol. The maximum atomic E-state index is 13.2. The van der Waals surface area contributed by atoms with Gasteiger partial charge in [0.05, 0.1) is 16.0 Å². The van der Waals surface area contributed by atoms with Crippen LogP contribution in [-0.2, 0) is 4.74 Å². The smallest absolute Gasteiger partial charge is 0.295 e. The zero-order valence-electron chi connectivity index (χ0n) is 10.6. The van der Waals surface area contributed by atoms with Gasteiger partial charge in [0.1, 0.15) is 11.5 Å². The van der Waals surface area contributed by atoms with Gasteiger partial charge in [0.2, 0.25) is 0 Å². The van der Waals surface area contributed by atoms with Gasteiger partial charge in [0.15, 0.2) is 0 Å². The molecule has 0 aliphatic rings. The summed E-state index contributed by atoms with van der Waals surface area (Å²) in [6.45, 7) is 1.26. The second-order valence-electron chi connectivity index (χ2n) is 4.02. The molecule has 1 aromatic carbocycles. The van der Waals surface area contributed by atoms with Crippen LogP contribution in [0.4, 0.5) is 15.8 Å². The number of nitro benzene ring substituents is 1. The molecule has 0 aliphatic carbocycles. The van der Waals surface area contributed by atoms with Crippen molar-refractivity contribution in [2.45, 2.75) is 19.3 Å². The summed E-state index contributed by atoms with van der Waals surface area (Å²) in [5.74, 6) is -0.793. The predicted octanol–water partition coefficient (Wildman–Crippen LogP) is 3.62. The Hall–Kier alpha value is -1.40. The summed E-state index contributed by atoms with van der Waals surface area (Å²) in [6, 6.07) is 2.07. The Morgan fingerprint density at radius 3 is 2.79 bits per heavy atom. The van der Waals surface area contributed by atoms with Crippen LogP contribution < -0.4 is 5.32 Å². The number of hydrogen-bond acceptors (Lipinski definition) is 4. The van der Waals surface area contributed by atoms with Gasteiger partial charge in [0.25, 0.3) is 5.69 Å². The van der Waals surface area contributed by atoms with E-state index >= 15 is 0 Å². The van der Waals surface area contributed by atoms with Gasteiger partial charge in [-0.3, -0.25) is 10.1 Å². The second-order valence-corrected chi connectivity index (χ2v) is 4.43. The molecule has 1 aromatic rings. The number of nitro groups is 1. The van der Waals surface area contributed by atoms with Crippen molar-refractivity contribution in [2.75, 3.05) is 25.6 Å². The molecule has 1 rings (SSSR count). The van der Waals surface area contributed by atoms with E-state index in [1.165, 1.54) is 6.07 Å². The zero-order valence-corrected chi connectivity index (χ0v) is 11.4. The van der Waals surface area contributed by atoms with E-state index in [1.54, 1.807) is 7.11 Å². The molecule has 0 heterocycles. The number of methoxy groups -OCH3 is 1. The number of nitrogens with one attached hydrogen (secondary N) is 1.